The summed E-state index contributed by atoms with van der Waals surface area (Å²) in [6.07, 6.45) is 5.31. The van der Waals surface area contributed by atoms with Gasteiger partial charge in [-0.2, -0.15) is 0 Å². The average Bonchev–Trinajstić information content (AvgIpc) is 2.56. The Morgan fingerprint density at radius 1 is 1.43 bits per heavy atom. The quantitative estimate of drug-likeness (QED) is 0.683. The zero-order chi connectivity index (χ0) is 10.4. The van der Waals surface area contributed by atoms with Crippen LogP contribution in [0.5, 0.6) is 0 Å². The molecule has 1 saturated heterocycles. The Hall–Kier alpha value is -0.0800. The normalized spacial score (nSPS) is 22.9. The minimum absolute atomic E-state index is 0.466. The number of nitrogens with one attached hydrogen (secondary N) is 2. The van der Waals surface area contributed by atoms with Crippen LogP contribution in [0.15, 0.2) is 0 Å². The van der Waals surface area contributed by atoms with Crippen LogP contribution in [0, 0.1) is 5.41 Å². The maximum atomic E-state index is 3.59. The third-order valence-corrected chi connectivity index (χ3v) is 3.08. The second-order valence-corrected chi connectivity index (χ2v) is 5.34. The Bertz CT molecular complexity index is 148. The highest BCUT2D eigenvalue weighted by atomic mass is 15.0. The average molecular weight is 198 g/mol. The molecule has 2 heteroatoms. The van der Waals surface area contributed by atoms with Crippen LogP contribution in [0.3, 0.4) is 0 Å². The zero-order valence-corrected chi connectivity index (χ0v) is 10.0. The van der Waals surface area contributed by atoms with E-state index < -0.39 is 0 Å². The predicted molar refractivity (Wildman–Crippen MR) is 62.6 cm³/mol. The van der Waals surface area contributed by atoms with Crippen molar-refractivity contribution in [1.82, 2.24) is 10.6 Å². The molecule has 0 aromatic rings. The van der Waals surface area contributed by atoms with Crippen LogP contribution >= 0.6 is 0 Å². The summed E-state index contributed by atoms with van der Waals surface area (Å²) in [7, 11) is 0. The van der Waals surface area contributed by atoms with Crippen molar-refractivity contribution < 1.29 is 0 Å². The molecule has 2 nitrogen and oxygen atoms in total. The monoisotopic (exact) mass is 198 g/mol. The molecule has 1 atom stereocenters. The van der Waals surface area contributed by atoms with Gasteiger partial charge in [0.1, 0.15) is 0 Å². The summed E-state index contributed by atoms with van der Waals surface area (Å²) in [6.45, 7) is 10.5. The van der Waals surface area contributed by atoms with Crippen molar-refractivity contribution in [3.8, 4) is 0 Å². The lowest BCUT2D eigenvalue weighted by molar-refractivity contribution is 0.306. The third kappa shape index (κ3) is 4.43. The molecule has 2 N–H and O–H groups in total. The Kier molecular flexibility index (Phi) is 4.90. The molecule has 0 amide bonds. The van der Waals surface area contributed by atoms with Gasteiger partial charge in [0.25, 0.3) is 0 Å². The van der Waals surface area contributed by atoms with E-state index in [-0.39, 0.29) is 0 Å². The number of rotatable bonds is 6. The zero-order valence-electron chi connectivity index (χ0n) is 10.0. The minimum atomic E-state index is 0.466. The molecular weight excluding hydrogens is 172 g/mol. The van der Waals surface area contributed by atoms with Gasteiger partial charge in [-0.1, -0.05) is 27.2 Å². The van der Waals surface area contributed by atoms with Gasteiger partial charge in [-0.3, -0.25) is 0 Å². The Labute approximate surface area is 88.8 Å². The summed E-state index contributed by atoms with van der Waals surface area (Å²) >= 11 is 0. The summed E-state index contributed by atoms with van der Waals surface area (Å²) in [6, 6.07) is 0.729. The molecule has 0 bridgehead atoms. The molecule has 0 saturated carbocycles. The second-order valence-electron chi connectivity index (χ2n) is 5.34. The lowest BCUT2D eigenvalue weighted by atomic mass is 9.88. The van der Waals surface area contributed by atoms with E-state index in [0.717, 1.165) is 19.1 Å². The molecule has 1 heterocycles. The molecule has 1 rings (SSSR count). The summed E-state index contributed by atoms with van der Waals surface area (Å²) in [5.74, 6) is 0. The van der Waals surface area contributed by atoms with E-state index in [4.69, 9.17) is 0 Å². The highest BCUT2D eigenvalue weighted by molar-refractivity contribution is 4.78. The van der Waals surface area contributed by atoms with Gasteiger partial charge in [0, 0.05) is 19.1 Å². The number of hydrogen-bond acceptors (Lipinski definition) is 2. The van der Waals surface area contributed by atoms with Crippen LogP contribution in [0.2, 0.25) is 0 Å². The Balaban J connectivity index is 2.07. The summed E-state index contributed by atoms with van der Waals surface area (Å²) in [5.41, 5.74) is 0.466. The first kappa shape index (κ1) is 12.0. The van der Waals surface area contributed by atoms with Crippen molar-refractivity contribution in [2.24, 2.45) is 5.41 Å². The van der Waals surface area contributed by atoms with Gasteiger partial charge in [-0.15, -0.1) is 0 Å². The van der Waals surface area contributed by atoms with Crippen LogP contribution < -0.4 is 10.6 Å². The maximum absolute atomic E-state index is 3.59. The van der Waals surface area contributed by atoms with E-state index in [9.17, 15) is 0 Å². The van der Waals surface area contributed by atoms with Gasteiger partial charge in [-0.25, -0.2) is 0 Å². The van der Waals surface area contributed by atoms with E-state index in [1.807, 2.05) is 0 Å². The van der Waals surface area contributed by atoms with Crippen LogP contribution in [0.1, 0.15) is 46.5 Å². The lowest BCUT2D eigenvalue weighted by Crippen LogP contribution is -2.38. The lowest BCUT2D eigenvalue weighted by Gasteiger charge is -2.25. The molecule has 14 heavy (non-hydrogen) atoms. The molecule has 1 unspecified atom stereocenters. The van der Waals surface area contributed by atoms with Gasteiger partial charge in [0.2, 0.25) is 0 Å². The summed E-state index contributed by atoms with van der Waals surface area (Å²) < 4.78 is 0. The molecule has 0 spiro atoms. The Morgan fingerprint density at radius 2 is 2.21 bits per heavy atom. The minimum Gasteiger partial charge on any atom is -0.315 e. The summed E-state index contributed by atoms with van der Waals surface area (Å²) in [5, 5.41) is 7.10. The van der Waals surface area contributed by atoms with E-state index >= 15 is 0 Å². The fourth-order valence-electron chi connectivity index (χ4n) is 2.28. The van der Waals surface area contributed by atoms with Gasteiger partial charge in [-0.05, 0) is 31.2 Å². The van der Waals surface area contributed by atoms with Crippen molar-refractivity contribution in [2.45, 2.75) is 52.5 Å². The predicted octanol–water partition coefficient (Wildman–Crippen LogP) is 2.15. The SMILES string of the molecule is CCCC(C)(C)CNCC1CCCN1. The van der Waals surface area contributed by atoms with E-state index in [1.54, 1.807) is 0 Å². The van der Waals surface area contributed by atoms with Crippen molar-refractivity contribution in [2.75, 3.05) is 19.6 Å². The molecule has 1 aliphatic heterocycles. The van der Waals surface area contributed by atoms with Crippen LogP contribution in [0.4, 0.5) is 0 Å². The van der Waals surface area contributed by atoms with Gasteiger partial charge < -0.3 is 10.6 Å². The van der Waals surface area contributed by atoms with Crippen molar-refractivity contribution >= 4 is 0 Å². The maximum Gasteiger partial charge on any atom is 0.0192 e. The number of hydrogen-bond donors (Lipinski definition) is 2. The topological polar surface area (TPSA) is 24.1 Å². The standard InChI is InChI=1S/C12H26N2/c1-4-7-12(2,3)10-13-9-11-6-5-8-14-11/h11,13-14H,4-10H2,1-3H3. The van der Waals surface area contributed by atoms with Crippen LogP contribution in [-0.2, 0) is 0 Å². The molecule has 0 aliphatic carbocycles. The fourth-order valence-corrected chi connectivity index (χ4v) is 2.28. The third-order valence-electron chi connectivity index (χ3n) is 3.08. The van der Waals surface area contributed by atoms with Crippen molar-refractivity contribution in [3.05, 3.63) is 0 Å². The first-order chi connectivity index (χ1) is 6.64. The summed E-state index contributed by atoms with van der Waals surface area (Å²) in [4.78, 5) is 0. The second kappa shape index (κ2) is 5.72. The molecule has 1 fully saturated rings. The largest absolute Gasteiger partial charge is 0.315 e. The van der Waals surface area contributed by atoms with E-state index in [2.05, 4.69) is 31.4 Å². The molecule has 0 aromatic heterocycles. The van der Waals surface area contributed by atoms with Gasteiger partial charge in [0.15, 0.2) is 0 Å². The fraction of sp³-hybridized carbons (Fsp3) is 1.00. The van der Waals surface area contributed by atoms with Gasteiger partial charge >= 0.3 is 0 Å². The Morgan fingerprint density at radius 3 is 2.79 bits per heavy atom. The molecule has 0 aromatic carbocycles. The first-order valence-corrected chi connectivity index (χ1v) is 6.08. The molecule has 84 valence electrons. The van der Waals surface area contributed by atoms with Crippen LogP contribution in [0.25, 0.3) is 0 Å². The molecular formula is C12H26N2. The highest BCUT2D eigenvalue weighted by Crippen LogP contribution is 2.20. The smallest absolute Gasteiger partial charge is 0.0192 e. The van der Waals surface area contributed by atoms with E-state index in [0.29, 0.717) is 5.41 Å². The first-order valence-electron chi connectivity index (χ1n) is 6.08. The van der Waals surface area contributed by atoms with Crippen LogP contribution in [-0.4, -0.2) is 25.7 Å². The van der Waals surface area contributed by atoms with Crippen molar-refractivity contribution in [3.63, 3.8) is 0 Å². The van der Waals surface area contributed by atoms with E-state index in [1.165, 1.54) is 32.2 Å². The van der Waals surface area contributed by atoms with Gasteiger partial charge in [0.05, 0.1) is 0 Å². The van der Waals surface area contributed by atoms with Crippen molar-refractivity contribution in [1.29, 1.82) is 0 Å². The molecule has 0 radical (unpaired) electrons. The highest BCUT2D eigenvalue weighted by Gasteiger charge is 2.18. The molecule has 1 aliphatic rings.